The highest BCUT2D eigenvalue weighted by Gasteiger charge is 2.05. The Kier molecular flexibility index (Phi) is 5.58. The second-order valence-corrected chi connectivity index (χ2v) is 6.71. The van der Waals surface area contributed by atoms with Gasteiger partial charge >= 0.3 is 0 Å². The SMILES string of the molecule is Cc1ccc(/C=C/c2ccc(-c3cc(C)c(N=C=S)c(C)c3)cc2)cc1. The zero-order valence-corrected chi connectivity index (χ0v) is 16.1. The zero-order chi connectivity index (χ0) is 18.5. The fraction of sp³-hybridized carbons (Fsp3) is 0.125. The first-order valence-corrected chi connectivity index (χ1v) is 9.02. The van der Waals surface area contributed by atoms with Crippen LogP contribution in [0.4, 0.5) is 5.69 Å². The van der Waals surface area contributed by atoms with Crippen molar-refractivity contribution in [2.24, 2.45) is 4.99 Å². The molecule has 1 nitrogen and oxygen atoms in total. The summed E-state index contributed by atoms with van der Waals surface area (Å²) in [5, 5.41) is 2.46. The van der Waals surface area contributed by atoms with E-state index >= 15 is 0 Å². The lowest BCUT2D eigenvalue weighted by molar-refractivity contribution is 1.34. The zero-order valence-electron chi connectivity index (χ0n) is 15.3. The molecule has 0 fully saturated rings. The van der Waals surface area contributed by atoms with Gasteiger partial charge in [0.25, 0.3) is 0 Å². The van der Waals surface area contributed by atoms with Crippen molar-refractivity contribution in [3.05, 3.63) is 88.5 Å². The summed E-state index contributed by atoms with van der Waals surface area (Å²) in [4.78, 5) is 4.17. The Balaban J connectivity index is 1.83. The molecule has 26 heavy (non-hydrogen) atoms. The van der Waals surface area contributed by atoms with Crippen molar-refractivity contribution < 1.29 is 0 Å². The molecule has 0 aliphatic heterocycles. The van der Waals surface area contributed by atoms with Crippen LogP contribution in [0.25, 0.3) is 23.3 Å². The van der Waals surface area contributed by atoms with Gasteiger partial charge in [-0.3, -0.25) is 0 Å². The largest absolute Gasteiger partial charge is 0.194 e. The lowest BCUT2D eigenvalue weighted by atomic mass is 9.98. The minimum Gasteiger partial charge on any atom is -0.194 e. The molecule has 0 bridgehead atoms. The summed E-state index contributed by atoms with van der Waals surface area (Å²) in [5.74, 6) is 0. The molecule has 0 radical (unpaired) electrons. The number of thiocarbonyl (C=S) groups is 1. The van der Waals surface area contributed by atoms with Crippen LogP contribution in [0.1, 0.15) is 27.8 Å². The molecule has 0 aromatic heterocycles. The maximum Gasteiger partial charge on any atom is 0.0798 e. The number of isothiocyanates is 1. The van der Waals surface area contributed by atoms with Crippen LogP contribution < -0.4 is 0 Å². The molecule has 2 heteroatoms. The summed E-state index contributed by atoms with van der Waals surface area (Å²) in [6.07, 6.45) is 4.28. The second kappa shape index (κ2) is 8.05. The number of hydrogen-bond acceptors (Lipinski definition) is 2. The summed E-state index contributed by atoms with van der Waals surface area (Å²) in [6, 6.07) is 21.4. The molecule has 0 amide bonds. The van der Waals surface area contributed by atoms with Crippen LogP contribution in [0.15, 0.2) is 65.7 Å². The van der Waals surface area contributed by atoms with E-state index in [2.05, 4.69) is 104 Å². The summed E-state index contributed by atoms with van der Waals surface area (Å²) < 4.78 is 0. The van der Waals surface area contributed by atoms with Gasteiger partial charge in [0.05, 0.1) is 10.8 Å². The summed E-state index contributed by atoms with van der Waals surface area (Å²) in [7, 11) is 0. The van der Waals surface area contributed by atoms with E-state index in [-0.39, 0.29) is 0 Å². The van der Waals surface area contributed by atoms with Crippen molar-refractivity contribution in [3.8, 4) is 11.1 Å². The van der Waals surface area contributed by atoms with Crippen LogP contribution in [0.2, 0.25) is 0 Å². The van der Waals surface area contributed by atoms with E-state index in [1.54, 1.807) is 0 Å². The number of rotatable bonds is 4. The molecule has 3 aromatic carbocycles. The van der Waals surface area contributed by atoms with Gasteiger partial charge in [0, 0.05) is 0 Å². The van der Waals surface area contributed by atoms with Crippen LogP contribution in [-0.2, 0) is 0 Å². The first-order valence-electron chi connectivity index (χ1n) is 8.61. The molecule has 3 rings (SSSR count). The maximum atomic E-state index is 4.74. The van der Waals surface area contributed by atoms with Crippen molar-refractivity contribution in [2.75, 3.05) is 0 Å². The molecular formula is C24H21NS. The van der Waals surface area contributed by atoms with E-state index in [0.717, 1.165) is 16.8 Å². The Morgan fingerprint density at radius 1 is 0.731 bits per heavy atom. The Morgan fingerprint density at radius 3 is 1.73 bits per heavy atom. The van der Waals surface area contributed by atoms with Crippen LogP contribution in [0.3, 0.4) is 0 Å². The molecule has 0 aliphatic rings. The van der Waals surface area contributed by atoms with Crippen LogP contribution in [0.5, 0.6) is 0 Å². The summed E-state index contributed by atoms with van der Waals surface area (Å²) in [6.45, 7) is 6.21. The molecule has 0 unspecified atom stereocenters. The third-order valence-corrected chi connectivity index (χ3v) is 4.53. The third-order valence-electron chi connectivity index (χ3n) is 4.44. The molecule has 0 atom stereocenters. The first-order chi connectivity index (χ1) is 12.6. The Hall–Kier alpha value is -2.80. The van der Waals surface area contributed by atoms with Crippen LogP contribution in [0, 0.1) is 20.8 Å². The van der Waals surface area contributed by atoms with E-state index in [4.69, 9.17) is 12.2 Å². The highest BCUT2D eigenvalue weighted by atomic mass is 32.1. The van der Waals surface area contributed by atoms with Gasteiger partial charge < -0.3 is 0 Å². The van der Waals surface area contributed by atoms with Gasteiger partial charge in [-0.1, -0.05) is 66.2 Å². The summed E-state index contributed by atoms with van der Waals surface area (Å²) >= 11 is 4.74. The van der Waals surface area contributed by atoms with Gasteiger partial charge in [-0.25, -0.2) is 0 Å². The minimum atomic E-state index is 0.918. The van der Waals surface area contributed by atoms with Crippen molar-refractivity contribution in [1.29, 1.82) is 0 Å². The van der Waals surface area contributed by atoms with E-state index in [9.17, 15) is 0 Å². The van der Waals surface area contributed by atoms with Gasteiger partial charge in [0.1, 0.15) is 0 Å². The third kappa shape index (κ3) is 4.23. The number of nitrogens with zero attached hydrogens (tertiary/aromatic N) is 1. The van der Waals surface area contributed by atoms with Crippen LogP contribution in [-0.4, -0.2) is 5.16 Å². The Morgan fingerprint density at radius 2 is 1.23 bits per heavy atom. The van der Waals surface area contributed by atoms with Crippen molar-refractivity contribution >= 4 is 35.2 Å². The molecular weight excluding hydrogens is 334 g/mol. The monoisotopic (exact) mass is 355 g/mol. The van der Waals surface area contributed by atoms with Gasteiger partial charge in [0.15, 0.2) is 0 Å². The van der Waals surface area contributed by atoms with Gasteiger partial charge in [0.2, 0.25) is 0 Å². The van der Waals surface area contributed by atoms with Gasteiger partial charge in [-0.05, 0) is 78.5 Å². The quantitative estimate of drug-likeness (QED) is 0.274. The molecule has 0 N–H and O–H groups in total. The van der Waals surface area contributed by atoms with E-state index in [0.29, 0.717) is 0 Å². The normalized spacial score (nSPS) is 10.7. The first kappa shape index (κ1) is 18.0. The smallest absolute Gasteiger partial charge is 0.0798 e. The molecule has 3 aromatic rings. The molecule has 0 saturated carbocycles. The fourth-order valence-electron chi connectivity index (χ4n) is 3.00. The average Bonchev–Trinajstić information content (AvgIpc) is 2.64. The Bertz CT molecular complexity index is 966. The van der Waals surface area contributed by atoms with Crippen molar-refractivity contribution in [1.82, 2.24) is 0 Å². The minimum absolute atomic E-state index is 0.918. The average molecular weight is 356 g/mol. The lowest BCUT2D eigenvalue weighted by Gasteiger charge is -2.09. The maximum absolute atomic E-state index is 4.74. The molecule has 0 saturated heterocycles. The Labute approximate surface area is 160 Å². The molecule has 0 heterocycles. The van der Waals surface area contributed by atoms with Crippen LogP contribution >= 0.6 is 12.2 Å². The summed E-state index contributed by atoms with van der Waals surface area (Å²) in [5.41, 5.74) is 9.20. The van der Waals surface area contributed by atoms with E-state index in [1.165, 1.54) is 27.8 Å². The number of hydrogen-bond donors (Lipinski definition) is 0. The fourth-order valence-corrected chi connectivity index (χ4v) is 3.09. The highest BCUT2D eigenvalue weighted by molar-refractivity contribution is 7.78. The van der Waals surface area contributed by atoms with Crippen molar-refractivity contribution in [2.45, 2.75) is 20.8 Å². The second-order valence-electron chi connectivity index (χ2n) is 6.53. The predicted molar refractivity (Wildman–Crippen MR) is 116 cm³/mol. The van der Waals surface area contributed by atoms with E-state index < -0.39 is 0 Å². The number of aliphatic imine (C=N–C) groups is 1. The lowest BCUT2D eigenvalue weighted by Crippen LogP contribution is -1.85. The number of benzene rings is 3. The van der Waals surface area contributed by atoms with Crippen molar-refractivity contribution in [3.63, 3.8) is 0 Å². The van der Waals surface area contributed by atoms with Gasteiger partial charge in [-0.2, -0.15) is 4.99 Å². The van der Waals surface area contributed by atoms with E-state index in [1.807, 2.05) is 0 Å². The molecule has 128 valence electrons. The standard InChI is InChI=1S/C24H21NS/c1-17-4-6-20(7-5-17)8-9-21-10-12-22(13-11-21)23-14-18(2)24(25-16-26)19(3)15-23/h4-15H,1-3H3/b9-8+. The number of aryl methyl sites for hydroxylation is 3. The molecule has 0 spiro atoms. The van der Waals surface area contributed by atoms with Gasteiger partial charge in [-0.15, -0.1) is 0 Å². The molecule has 0 aliphatic carbocycles. The predicted octanol–water partition coefficient (Wildman–Crippen LogP) is 7.18. The topological polar surface area (TPSA) is 12.4 Å². The highest BCUT2D eigenvalue weighted by Crippen LogP contribution is 2.30.